The lowest BCUT2D eigenvalue weighted by Gasteiger charge is -2.08. The van der Waals surface area contributed by atoms with E-state index in [1.807, 2.05) is 50.4 Å². The van der Waals surface area contributed by atoms with E-state index in [1.54, 1.807) is 10.7 Å². The highest BCUT2D eigenvalue weighted by molar-refractivity contribution is 5.53. The summed E-state index contributed by atoms with van der Waals surface area (Å²) in [5, 5.41) is 7.39. The molecule has 0 aliphatic rings. The van der Waals surface area contributed by atoms with E-state index in [0.29, 0.717) is 11.8 Å². The van der Waals surface area contributed by atoms with Gasteiger partial charge in [0.15, 0.2) is 5.65 Å². The highest BCUT2D eigenvalue weighted by Gasteiger charge is 2.06. The summed E-state index contributed by atoms with van der Waals surface area (Å²) in [4.78, 5) is 8.57. The molecule has 3 rings (SSSR count). The number of pyridine rings is 2. The van der Waals surface area contributed by atoms with Crippen molar-refractivity contribution in [3.8, 4) is 5.75 Å². The molecule has 6 nitrogen and oxygen atoms in total. The molecule has 3 heterocycles. The first-order chi connectivity index (χ1) is 9.70. The molecular weight excluding hydrogens is 254 g/mol. The third-order valence-corrected chi connectivity index (χ3v) is 2.59. The van der Waals surface area contributed by atoms with Crippen molar-refractivity contribution in [1.29, 1.82) is 0 Å². The Balaban J connectivity index is 1.87. The maximum atomic E-state index is 5.64. The van der Waals surface area contributed by atoms with E-state index in [0.717, 1.165) is 11.4 Å². The predicted molar refractivity (Wildman–Crippen MR) is 76.3 cm³/mol. The molecule has 0 saturated heterocycles. The van der Waals surface area contributed by atoms with Gasteiger partial charge in [0.05, 0.1) is 6.10 Å². The molecule has 3 aromatic rings. The second kappa shape index (κ2) is 5.16. The molecule has 0 radical (unpaired) electrons. The van der Waals surface area contributed by atoms with Crippen LogP contribution in [0.4, 0.5) is 11.8 Å². The maximum absolute atomic E-state index is 5.64. The monoisotopic (exact) mass is 269 g/mol. The van der Waals surface area contributed by atoms with Crippen molar-refractivity contribution in [2.24, 2.45) is 0 Å². The Morgan fingerprint density at radius 1 is 1.25 bits per heavy atom. The van der Waals surface area contributed by atoms with Gasteiger partial charge in [0.25, 0.3) is 0 Å². The van der Waals surface area contributed by atoms with Crippen LogP contribution in [0, 0.1) is 0 Å². The Kier molecular flexibility index (Phi) is 3.20. The molecule has 0 amide bonds. The number of ether oxygens (including phenoxy) is 1. The summed E-state index contributed by atoms with van der Waals surface area (Å²) in [7, 11) is 0. The number of aromatic nitrogens is 4. The number of hydrogen-bond donors (Lipinski definition) is 1. The van der Waals surface area contributed by atoms with Gasteiger partial charge in [-0.2, -0.15) is 4.98 Å². The number of hydrogen-bond acceptors (Lipinski definition) is 5. The number of rotatable bonds is 4. The molecular formula is C14H15N5O. The number of anilines is 2. The summed E-state index contributed by atoms with van der Waals surface area (Å²) in [6.07, 6.45) is 3.67. The normalized spacial score (nSPS) is 10.9. The predicted octanol–water partition coefficient (Wildman–Crippen LogP) is 2.66. The van der Waals surface area contributed by atoms with E-state index in [4.69, 9.17) is 4.74 Å². The van der Waals surface area contributed by atoms with Crippen LogP contribution in [-0.2, 0) is 0 Å². The van der Waals surface area contributed by atoms with Gasteiger partial charge in [-0.15, -0.1) is 5.10 Å². The largest absolute Gasteiger partial charge is 0.491 e. The average Bonchev–Trinajstić information content (AvgIpc) is 2.80. The van der Waals surface area contributed by atoms with Crippen LogP contribution in [-0.4, -0.2) is 25.7 Å². The summed E-state index contributed by atoms with van der Waals surface area (Å²) in [6.45, 7) is 3.98. The molecule has 1 N–H and O–H groups in total. The van der Waals surface area contributed by atoms with Crippen LogP contribution in [0.15, 0.2) is 42.7 Å². The minimum atomic E-state index is 0.131. The van der Waals surface area contributed by atoms with Crippen LogP contribution in [0.5, 0.6) is 5.75 Å². The fraction of sp³-hybridized carbons (Fsp3) is 0.214. The molecule has 0 unspecified atom stereocenters. The molecule has 0 aromatic carbocycles. The van der Waals surface area contributed by atoms with Crippen molar-refractivity contribution >= 4 is 17.4 Å². The van der Waals surface area contributed by atoms with Crippen LogP contribution in [0.1, 0.15) is 13.8 Å². The van der Waals surface area contributed by atoms with E-state index >= 15 is 0 Å². The quantitative estimate of drug-likeness (QED) is 0.788. The SMILES string of the molecule is CC(C)Oc1ccn2nc(Nc3ccccn3)nc2c1. The van der Waals surface area contributed by atoms with Gasteiger partial charge in [-0.1, -0.05) is 6.07 Å². The van der Waals surface area contributed by atoms with Crippen LogP contribution >= 0.6 is 0 Å². The Labute approximate surface area is 116 Å². The maximum Gasteiger partial charge on any atom is 0.248 e. The molecule has 0 aliphatic heterocycles. The lowest BCUT2D eigenvalue weighted by atomic mass is 10.4. The zero-order valence-corrected chi connectivity index (χ0v) is 11.3. The third kappa shape index (κ3) is 2.69. The van der Waals surface area contributed by atoms with E-state index in [1.165, 1.54) is 0 Å². The Morgan fingerprint density at radius 2 is 2.15 bits per heavy atom. The van der Waals surface area contributed by atoms with E-state index in [9.17, 15) is 0 Å². The molecule has 0 aliphatic carbocycles. The summed E-state index contributed by atoms with van der Waals surface area (Å²) in [5.74, 6) is 2.00. The number of nitrogens with zero attached hydrogens (tertiary/aromatic N) is 4. The van der Waals surface area contributed by atoms with Crippen molar-refractivity contribution < 1.29 is 4.74 Å². The number of fused-ring (bicyclic) bond motifs is 1. The highest BCUT2D eigenvalue weighted by Crippen LogP contribution is 2.17. The zero-order valence-electron chi connectivity index (χ0n) is 11.3. The molecule has 0 atom stereocenters. The summed E-state index contributed by atoms with van der Waals surface area (Å²) in [6, 6.07) is 9.35. The topological polar surface area (TPSA) is 64.3 Å². The Bertz CT molecular complexity index is 708. The molecule has 0 spiro atoms. The lowest BCUT2D eigenvalue weighted by molar-refractivity contribution is 0.242. The summed E-state index contributed by atoms with van der Waals surface area (Å²) < 4.78 is 7.33. The fourth-order valence-corrected chi connectivity index (χ4v) is 1.81. The highest BCUT2D eigenvalue weighted by atomic mass is 16.5. The number of nitrogens with one attached hydrogen (secondary N) is 1. The third-order valence-electron chi connectivity index (χ3n) is 2.59. The summed E-state index contributed by atoms with van der Waals surface area (Å²) >= 11 is 0. The molecule has 20 heavy (non-hydrogen) atoms. The van der Waals surface area contributed by atoms with Gasteiger partial charge in [-0.05, 0) is 32.0 Å². The van der Waals surface area contributed by atoms with Crippen molar-refractivity contribution in [2.45, 2.75) is 20.0 Å². The van der Waals surface area contributed by atoms with Gasteiger partial charge in [0.1, 0.15) is 11.6 Å². The van der Waals surface area contributed by atoms with Crippen molar-refractivity contribution in [3.63, 3.8) is 0 Å². The van der Waals surface area contributed by atoms with Crippen LogP contribution in [0.3, 0.4) is 0 Å². The van der Waals surface area contributed by atoms with Gasteiger partial charge in [0.2, 0.25) is 5.95 Å². The van der Waals surface area contributed by atoms with E-state index in [-0.39, 0.29) is 6.10 Å². The Morgan fingerprint density at radius 3 is 2.90 bits per heavy atom. The second-order valence-electron chi connectivity index (χ2n) is 4.61. The van der Waals surface area contributed by atoms with Crippen molar-refractivity contribution in [3.05, 3.63) is 42.7 Å². The molecule has 0 fully saturated rings. The van der Waals surface area contributed by atoms with Gasteiger partial charge < -0.3 is 10.1 Å². The molecule has 6 heteroatoms. The first-order valence-electron chi connectivity index (χ1n) is 6.42. The zero-order chi connectivity index (χ0) is 13.9. The van der Waals surface area contributed by atoms with E-state index < -0.39 is 0 Å². The summed E-state index contributed by atoms with van der Waals surface area (Å²) in [5.41, 5.74) is 0.724. The van der Waals surface area contributed by atoms with Gasteiger partial charge in [0, 0.05) is 18.5 Å². The molecule has 0 bridgehead atoms. The smallest absolute Gasteiger partial charge is 0.248 e. The van der Waals surface area contributed by atoms with Crippen LogP contribution in [0.25, 0.3) is 5.65 Å². The molecule has 102 valence electrons. The first kappa shape index (κ1) is 12.4. The minimum absolute atomic E-state index is 0.131. The molecule has 3 aromatic heterocycles. The van der Waals surface area contributed by atoms with Gasteiger partial charge in [-0.25, -0.2) is 9.50 Å². The standard InChI is InChI=1S/C14H15N5O/c1-10(2)20-11-6-8-19-13(9-11)17-14(18-19)16-12-5-3-4-7-15-12/h3-10H,1-2H3,(H,15,16,18). The fourth-order valence-electron chi connectivity index (χ4n) is 1.81. The van der Waals surface area contributed by atoms with E-state index in [2.05, 4.69) is 20.4 Å². The second-order valence-corrected chi connectivity index (χ2v) is 4.61. The van der Waals surface area contributed by atoms with Crippen molar-refractivity contribution in [2.75, 3.05) is 5.32 Å². The van der Waals surface area contributed by atoms with Gasteiger partial charge in [-0.3, -0.25) is 0 Å². The Hall–Kier alpha value is -2.63. The average molecular weight is 269 g/mol. The lowest BCUT2D eigenvalue weighted by Crippen LogP contribution is -2.05. The molecule has 0 saturated carbocycles. The van der Waals surface area contributed by atoms with Crippen LogP contribution < -0.4 is 10.1 Å². The van der Waals surface area contributed by atoms with Crippen LogP contribution in [0.2, 0.25) is 0 Å². The minimum Gasteiger partial charge on any atom is -0.491 e. The first-order valence-corrected chi connectivity index (χ1v) is 6.42. The van der Waals surface area contributed by atoms with Gasteiger partial charge >= 0.3 is 0 Å². The van der Waals surface area contributed by atoms with Crippen molar-refractivity contribution in [1.82, 2.24) is 19.6 Å².